The molecule has 0 radical (unpaired) electrons. The van der Waals surface area contributed by atoms with Gasteiger partial charge in [-0.2, -0.15) is 0 Å². The van der Waals surface area contributed by atoms with Crippen molar-refractivity contribution in [2.45, 2.75) is 64.6 Å². The average molecular weight is 393 g/mol. The first kappa shape index (κ1) is 23.1. The first-order valence-electron chi connectivity index (χ1n) is 11.0. The number of carbonyl (C=O) groups is 1. The van der Waals surface area contributed by atoms with Crippen LogP contribution in [0, 0.1) is 23.7 Å². The molecule has 0 bridgehead atoms. The fraction of sp³-hybridized carbons (Fsp3) is 0.783. The molecule has 5 nitrogen and oxygen atoms in total. The second-order valence-electron chi connectivity index (χ2n) is 9.06. The highest BCUT2D eigenvalue weighted by atomic mass is 16.3. The summed E-state index contributed by atoms with van der Waals surface area (Å²) in [5.41, 5.74) is 1.33. The van der Waals surface area contributed by atoms with Crippen molar-refractivity contribution >= 4 is 5.91 Å². The van der Waals surface area contributed by atoms with Gasteiger partial charge in [0, 0.05) is 26.6 Å². The monoisotopic (exact) mass is 392 g/mol. The highest BCUT2D eigenvalue weighted by Gasteiger charge is 2.43. The van der Waals surface area contributed by atoms with E-state index in [9.17, 15) is 15.0 Å². The molecule has 6 atom stereocenters. The minimum Gasteiger partial charge on any atom is -0.392 e. The second kappa shape index (κ2) is 11.1. The number of hydrogen-bond donors (Lipinski definition) is 3. The Kier molecular flexibility index (Phi) is 9.19. The van der Waals surface area contributed by atoms with E-state index < -0.39 is 6.10 Å². The van der Waals surface area contributed by atoms with E-state index in [-0.39, 0.29) is 17.9 Å². The van der Waals surface area contributed by atoms with Gasteiger partial charge in [-0.05, 0) is 37.0 Å². The lowest BCUT2D eigenvalue weighted by Crippen LogP contribution is -2.33. The van der Waals surface area contributed by atoms with Crippen molar-refractivity contribution in [3.8, 4) is 0 Å². The first-order valence-corrected chi connectivity index (χ1v) is 11.0. The third-order valence-electron chi connectivity index (χ3n) is 6.33. The van der Waals surface area contributed by atoms with Gasteiger partial charge in [0.05, 0.1) is 18.8 Å². The van der Waals surface area contributed by atoms with E-state index in [4.69, 9.17) is 0 Å². The largest absolute Gasteiger partial charge is 0.392 e. The van der Waals surface area contributed by atoms with Crippen molar-refractivity contribution < 1.29 is 15.0 Å². The minimum absolute atomic E-state index is 0.0807. The van der Waals surface area contributed by atoms with E-state index in [2.05, 4.69) is 31.3 Å². The van der Waals surface area contributed by atoms with Gasteiger partial charge in [-0.25, -0.2) is 0 Å². The third kappa shape index (κ3) is 6.71. The number of amides is 1. The Morgan fingerprint density at radius 3 is 2.86 bits per heavy atom. The van der Waals surface area contributed by atoms with Crippen molar-refractivity contribution in [2.24, 2.45) is 23.7 Å². The number of allylic oxidation sites excluding steroid dienone is 1. The number of fused-ring (bicyclic) bond motifs is 1. The van der Waals surface area contributed by atoms with Crippen molar-refractivity contribution in [1.82, 2.24) is 10.2 Å². The normalized spacial score (nSPS) is 29.0. The molecule has 0 aromatic rings. The van der Waals surface area contributed by atoms with Crippen LogP contribution in [0.5, 0.6) is 0 Å². The Bertz CT molecular complexity index is 558. The fourth-order valence-electron chi connectivity index (χ4n) is 4.64. The molecule has 2 rings (SSSR count). The number of aliphatic hydroxyl groups excluding tert-OH is 2. The maximum Gasteiger partial charge on any atom is 0.236 e. The van der Waals surface area contributed by atoms with Crippen LogP contribution >= 0.6 is 0 Å². The summed E-state index contributed by atoms with van der Waals surface area (Å²) in [5, 5.41) is 24.0. The molecule has 0 spiro atoms. The Morgan fingerprint density at radius 1 is 1.43 bits per heavy atom. The molecule has 0 unspecified atom stereocenters. The number of nitrogens with one attached hydrogen (secondary N) is 1. The minimum atomic E-state index is -0.425. The molecule has 1 fully saturated rings. The summed E-state index contributed by atoms with van der Waals surface area (Å²) in [7, 11) is 3.53. The predicted octanol–water partition coefficient (Wildman–Crippen LogP) is 2.74. The van der Waals surface area contributed by atoms with E-state index in [1.165, 1.54) is 18.4 Å². The number of unbranched alkanes of at least 4 members (excludes halogenated alkanes) is 1. The lowest BCUT2D eigenvalue weighted by molar-refractivity contribution is -0.127. The van der Waals surface area contributed by atoms with Crippen LogP contribution in [-0.4, -0.2) is 60.4 Å². The van der Waals surface area contributed by atoms with Crippen LogP contribution in [0.25, 0.3) is 0 Å². The predicted molar refractivity (Wildman–Crippen MR) is 114 cm³/mol. The fourth-order valence-corrected chi connectivity index (χ4v) is 4.64. The van der Waals surface area contributed by atoms with Gasteiger partial charge in [0.1, 0.15) is 0 Å². The molecular weight excluding hydrogens is 352 g/mol. The number of rotatable bonds is 11. The Labute approximate surface area is 170 Å². The number of aliphatic hydroxyl groups is 2. The SMILES string of the molecule is CCCC[C@H](C)C[C@H](O)/C=C/[C@@H]1[C@H]2CC(CNCC(=O)N(C)C)=C[C@H]2C[C@H]1O. The van der Waals surface area contributed by atoms with Crippen LogP contribution in [0.1, 0.15) is 52.4 Å². The number of likely N-dealkylation sites (N-methyl/N-ethyl adjacent to an activating group) is 1. The van der Waals surface area contributed by atoms with E-state index in [1.807, 2.05) is 6.08 Å². The van der Waals surface area contributed by atoms with Crippen molar-refractivity contribution in [3.63, 3.8) is 0 Å². The molecule has 1 amide bonds. The first-order chi connectivity index (χ1) is 13.3. The Balaban J connectivity index is 1.80. The molecule has 0 aromatic heterocycles. The lowest BCUT2D eigenvalue weighted by atomic mass is 9.88. The van der Waals surface area contributed by atoms with Gasteiger partial charge in [0.2, 0.25) is 5.91 Å². The molecule has 2 aliphatic carbocycles. The smallest absolute Gasteiger partial charge is 0.236 e. The number of nitrogens with zero attached hydrogens (tertiary/aromatic N) is 1. The van der Waals surface area contributed by atoms with Gasteiger partial charge in [0.25, 0.3) is 0 Å². The standard InChI is InChI=1S/C23H40N2O3/c1-5-6-7-16(2)10-19(26)8-9-20-21-12-17(11-18(21)13-22(20)27)14-24-15-23(28)25(3)4/h8-9,11,16,18-22,24,26-27H,5-7,10,12-15H2,1-4H3/b9-8+/t16-,18-,19+,20+,21-,22+/m0/s1. The van der Waals surface area contributed by atoms with Gasteiger partial charge in [-0.15, -0.1) is 0 Å². The van der Waals surface area contributed by atoms with Crippen LogP contribution in [-0.2, 0) is 4.79 Å². The van der Waals surface area contributed by atoms with Crippen LogP contribution in [0.15, 0.2) is 23.8 Å². The summed E-state index contributed by atoms with van der Waals surface area (Å²) in [6.07, 6.45) is 11.6. The zero-order valence-electron chi connectivity index (χ0n) is 18.1. The second-order valence-corrected chi connectivity index (χ2v) is 9.06. The Morgan fingerprint density at radius 2 is 2.18 bits per heavy atom. The third-order valence-corrected chi connectivity index (χ3v) is 6.33. The van der Waals surface area contributed by atoms with Crippen molar-refractivity contribution in [3.05, 3.63) is 23.8 Å². The lowest BCUT2D eigenvalue weighted by Gasteiger charge is -2.19. The molecule has 0 heterocycles. The molecule has 160 valence electrons. The zero-order valence-corrected chi connectivity index (χ0v) is 18.1. The van der Waals surface area contributed by atoms with Crippen LogP contribution < -0.4 is 5.32 Å². The highest BCUT2D eigenvalue weighted by molar-refractivity contribution is 5.77. The zero-order chi connectivity index (χ0) is 20.7. The quantitative estimate of drug-likeness (QED) is 0.473. The van der Waals surface area contributed by atoms with Crippen LogP contribution in [0.4, 0.5) is 0 Å². The molecule has 0 saturated heterocycles. The van der Waals surface area contributed by atoms with Crippen LogP contribution in [0.2, 0.25) is 0 Å². The number of carbonyl (C=O) groups excluding carboxylic acids is 1. The van der Waals surface area contributed by atoms with Gasteiger partial charge in [-0.1, -0.05) is 56.9 Å². The van der Waals surface area contributed by atoms with Gasteiger partial charge < -0.3 is 20.4 Å². The highest BCUT2D eigenvalue weighted by Crippen LogP contribution is 2.47. The molecule has 5 heteroatoms. The number of hydrogen-bond acceptors (Lipinski definition) is 4. The molecule has 0 aliphatic heterocycles. The summed E-state index contributed by atoms with van der Waals surface area (Å²) in [6, 6.07) is 0. The molecule has 3 N–H and O–H groups in total. The van der Waals surface area contributed by atoms with Crippen molar-refractivity contribution in [1.29, 1.82) is 0 Å². The van der Waals surface area contributed by atoms with Gasteiger partial charge in [0.15, 0.2) is 0 Å². The van der Waals surface area contributed by atoms with E-state index in [1.54, 1.807) is 19.0 Å². The molecular formula is C23H40N2O3. The topological polar surface area (TPSA) is 72.8 Å². The molecule has 0 aromatic carbocycles. The maximum absolute atomic E-state index is 11.7. The van der Waals surface area contributed by atoms with E-state index in [0.717, 1.165) is 32.2 Å². The summed E-state index contributed by atoms with van der Waals surface area (Å²) in [6.45, 7) is 5.49. The van der Waals surface area contributed by atoms with E-state index >= 15 is 0 Å². The maximum atomic E-state index is 11.7. The van der Waals surface area contributed by atoms with Gasteiger partial charge in [-0.3, -0.25) is 4.79 Å². The summed E-state index contributed by atoms with van der Waals surface area (Å²) >= 11 is 0. The molecule has 1 saturated carbocycles. The van der Waals surface area contributed by atoms with E-state index in [0.29, 0.717) is 24.3 Å². The molecule has 28 heavy (non-hydrogen) atoms. The van der Waals surface area contributed by atoms with Gasteiger partial charge >= 0.3 is 0 Å². The van der Waals surface area contributed by atoms with Crippen molar-refractivity contribution in [2.75, 3.05) is 27.2 Å². The van der Waals surface area contributed by atoms with Crippen LogP contribution in [0.3, 0.4) is 0 Å². The Hall–Kier alpha value is -1.17. The average Bonchev–Trinajstić information content (AvgIpc) is 3.14. The molecule has 2 aliphatic rings. The summed E-state index contributed by atoms with van der Waals surface area (Å²) in [5.74, 6) is 1.54. The summed E-state index contributed by atoms with van der Waals surface area (Å²) in [4.78, 5) is 13.3. The summed E-state index contributed by atoms with van der Waals surface area (Å²) < 4.78 is 0.